The lowest BCUT2D eigenvalue weighted by molar-refractivity contribution is 0.332. The van der Waals surface area contributed by atoms with Crippen molar-refractivity contribution < 1.29 is 8.83 Å². The van der Waals surface area contributed by atoms with E-state index in [0.29, 0.717) is 0 Å². The number of benzene rings is 15. The smallest absolute Gasteiger partial charge is 0.333 e. The molecule has 8 heteroatoms. The first-order chi connectivity index (χ1) is 56.0. The van der Waals surface area contributed by atoms with Crippen LogP contribution in [0.3, 0.4) is 0 Å². The zero-order valence-electron chi connectivity index (χ0n) is 68.0. The summed E-state index contributed by atoms with van der Waals surface area (Å²) in [6.45, 7) is 29.2. The monoisotopic (exact) mass is 1490 g/mol. The number of anilines is 10. The highest BCUT2D eigenvalue weighted by Crippen LogP contribution is 2.63. The van der Waals surface area contributed by atoms with E-state index in [9.17, 15) is 0 Å². The number of fused-ring (bicyclic) bond motifs is 24. The first-order valence-corrected chi connectivity index (χ1v) is 42.2. The Morgan fingerprint density at radius 2 is 0.655 bits per heavy atom. The molecule has 2 aliphatic carbocycles. The van der Waals surface area contributed by atoms with Gasteiger partial charge in [-0.25, -0.2) is 0 Å². The summed E-state index contributed by atoms with van der Waals surface area (Å²) in [6.07, 6.45) is 4.51. The van der Waals surface area contributed by atoms with Gasteiger partial charge in [0.05, 0.1) is 22.7 Å². The summed E-state index contributed by atoms with van der Waals surface area (Å²) >= 11 is 0. The summed E-state index contributed by atoms with van der Waals surface area (Å²) in [6, 6.07) is 103. The maximum absolute atomic E-state index is 7.62. The van der Waals surface area contributed by atoms with Crippen LogP contribution in [0.1, 0.15) is 153 Å². The van der Waals surface area contributed by atoms with Crippen LogP contribution in [-0.2, 0) is 32.5 Å². The lowest BCUT2D eigenvalue weighted by Crippen LogP contribution is -2.62. The third-order valence-corrected chi connectivity index (χ3v) is 29.8. The minimum Gasteiger partial charge on any atom is -0.454 e. The molecule has 0 spiro atoms. The van der Waals surface area contributed by atoms with E-state index < -0.39 is 0 Å². The molecular weight excluding hydrogens is 1410 g/mol. The summed E-state index contributed by atoms with van der Waals surface area (Å²) in [5.41, 5.74) is 41.0. The van der Waals surface area contributed by atoms with Gasteiger partial charge in [-0.15, -0.1) is 0 Å². The minimum atomic E-state index is -0.323. The van der Waals surface area contributed by atoms with E-state index in [1.165, 1.54) is 161 Å². The van der Waals surface area contributed by atoms with Crippen LogP contribution in [0.4, 0.5) is 56.9 Å². The van der Waals surface area contributed by atoms with Gasteiger partial charge >= 0.3 is 13.7 Å². The fourth-order valence-electron chi connectivity index (χ4n) is 23.3. The summed E-state index contributed by atoms with van der Waals surface area (Å²) in [5, 5.41) is 9.48. The van der Waals surface area contributed by atoms with Crippen molar-refractivity contribution in [3.8, 4) is 44.5 Å². The fourth-order valence-corrected chi connectivity index (χ4v) is 23.3. The van der Waals surface area contributed by atoms with Gasteiger partial charge < -0.3 is 28.3 Å². The van der Waals surface area contributed by atoms with Crippen LogP contribution in [0.5, 0.6) is 0 Å². The third kappa shape index (κ3) is 8.74. The van der Waals surface area contributed by atoms with Crippen molar-refractivity contribution >= 4 is 158 Å². The van der Waals surface area contributed by atoms with Gasteiger partial charge in [-0.3, -0.25) is 0 Å². The average molecular weight is 1500 g/mol. The molecule has 116 heavy (non-hydrogen) atoms. The lowest BCUT2D eigenvalue weighted by atomic mass is 9.42. The molecule has 558 valence electrons. The topological polar surface area (TPSA) is 39.2 Å². The van der Waals surface area contributed by atoms with E-state index in [2.05, 4.69) is 369 Å². The van der Waals surface area contributed by atoms with Crippen molar-refractivity contribution in [2.24, 2.45) is 0 Å². The lowest BCUT2D eigenvalue weighted by Gasteiger charge is -2.51. The normalized spacial score (nSPS) is 17.7. The first kappa shape index (κ1) is 67.1. The number of nitrogens with zero attached hydrogens (tertiary/aromatic N) is 4. The van der Waals surface area contributed by atoms with Crippen molar-refractivity contribution in [3.63, 3.8) is 0 Å². The highest BCUT2D eigenvalue weighted by molar-refractivity contribution is 6.95. The standard InChI is InChI=1S/C108H88B2N4O2/c1-103(2)47-49-106(7,8)84-60-90-72(57-81(84)103)75-55-77-71-30-20-21-35-93(71)115-101(77)99-95(75)110(88-34-23-32-80-98(88)111(99)91-53-66-26-18-16-24-64(66)51-85(91)108(80,11)12)114(90)70-43-40-62(41-44-70)61-36-38-63(39-37-61)68-42-45-94-74(50-68)78-56-76-73-58-82-83(105(5,6)48-46-104(82,3)4)59-89(73)113(69-28-14-13-15-29-69)109-87-33-22-31-79-97(87)112(100(96(76)109)102(78)116-94)92-54-67-27-19-17-25-65(67)52-86(92)107(79,9)10/h13-45,50-60H,46-49H2,1-12H3. The molecule has 6 aliphatic heterocycles. The minimum absolute atomic E-state index is 0.00311. The first-order valence-electron chi connectivity index (χ1n) is 42.2. The Balaban J connectivity index is 0.655. The van der Waals surface area contributed by atoms with Gasteiger partial charge in [0, 0.05) is 77.6 Å². The molecule has 17 aromatic rings. The summed E-state index contributed by atoms with van der Waals surface area (Å²) < 4.78 is 15.0. The number of rotatable bonds is 4. The van der Waals surface area contributed by atoms with E-state index in [4.69, 9.17) is 8.83 Å². The van der Waals surface area contributed by atoms with Gasteiger partial charge in [0.25, 0.3) is 0 Å². The van der Waals surface area contributed by atoms with Crippen molar-refractivity contribution in [2.75, 3.05) is 19.4 Å². The fraction of sp³-hybridized carbons (Fsp3) is 0.204. The molecule has 0 saturated heterocycles. The molecule has 0 fully saturated rings. The van der Waals surface area contributed by atoms with Crippen LogP contribution in [0.2, 0.25) is 0 Å². The third-order valence-electron chi connectivity index (χ3n) is 29.8. The molecule has 2 aromatic heterocycles. The molecule has 25 rings (SSSR count). The van der Waals surface area contributed by atoms with E-state index in [1.807, 2.05) is 0 Å². The summed E-state index contributed by atoms with van der Waals surface area (Å²) in [7, 11) is 0. The zero-order valence-corrected chi connectivity index (χ0v) is 68.0. The Bertz CT molecular complexity index is 7310. The number of para-hydroxylation sites is 4. The van der Waals surface area contributed by atoms with Crippen molar-refractivity contribution in [1.82, 2.24) is 0 Å². The Morgan fingerprint density at radius 3 is 1.14 bits per heavy atom. The Morgan fingerprint density at radius 1 is 0.267 bits per heavy atom. The van der Waals surface area contributed by atoms with Gasteiger partial charge in [-0.2, -0.15) is 0 Å². The molecule has 0 radical (unpaired) electrons. The Hall–Kier alpha value is -12.3. The second-order valence-electron chi connectivity index (χ2n) is 38.7. The predicted octanol–water partition coefficient (Wildman–Crippen LogP) is 26.5. The van der Waals surface area contributed by atoms with Crippen LogP contribution >= 0.6 is 0 Å². The molecule has 0 bridgehead atoms. The van der Waals surface area contributed by atoms with E-state index >= 15 is 0 Å². The van der Waals surface area contributed by atoms with Gasteiger partial charge in [-0.05, 0) is 272 Å². The van der Waals surface area contributed by atoms with Crippen LogP contribution < -0.4 is 41.3 Å². The number of hydrogen-bond donors (Lipinski definition) is 0. The molecule has 0 amide bonds. The second kappa shape index (κ2) is 22.4. The van der Waals surface area contributed by atoms with Crippen LogP contribution in [0.15, 0.2) is 276 Å². The number of furan rings is 2. The molecule has 0 unspecified atom stereocenters. The van der Waals surface area contributed by atoms with E-state index in [-0.39, 0.29) is 46.2 Å². The molecule has 6 nitrogen and oxygen atoms in total. The van der Waals surface area contributed by atoms with Crippen LogP contribution in [-0.4, -0.2) is 13.7 Å². The SMILES string of the molecule is CC1(C)CCC(C)(C)c2cc3c(cc21)-c1cc2c(oc4ccccc42)c2c1B(c1cccc4c1N2c1cc2ccccc2cc1C4(C)C)N3c1ccc(-c2ccc(-c3ccc4oc5c6c7c(cc5c4c3)-c3cc4c(cc3N(c3ccccc3)B7c3cccc5c3N6c3cc6ccccc6cc3C5(C)C)C(C)(C)CCC4(C)C)cc2)cc1. The van der Waals surface area contributed by atoms with E-state index in [0.717, 1.165) is 97.7 Å². The second-order valence-corrected chi connectivity index (χ2v) is 38.7. The molecule has 0 atom stereocenters. The highest BCUT2D eigenvalue weighted by Gasteiger charge is 2.55. The Labute approximate surface area is 678 Å². The summed E-state index contributed by atoms with van der Waals surface area (Å²) in [4.78, 5) is 10.7. The van der Waals surface area contributed by atoms with Gasteiger partial charge in [0.2, 0.25) is 0 Å². The van der Waals surface area contributed by atoms with E-state index in [1.54, 1.807) is 0 Å². The zero-order chi connectivity index (χ0) is 78.1. The average Bonchev–Trinajstić information content (AvgIpc) is 1.00. The maximum Gasteiger partial charge on any atom is 0.333 e. The predicted molar refractivity (Wildman–Crippen MR) is 489 cm³/mol. The largest absolute Gasteiger partial charge is 0.454 e. The van der Waals surface area contributed by atoms with Gasteiger partial charge in [0.1, 0.15) is 11.2 Å². The molecular formula is C108H88B2N4O2. The van der Waals surface area contributed by atoms with Crippen LogP contribution in [0, 0.1) is 0 Å². The molecule has 15 aromatic carbocycles. The van der Waals surface area contributed by atoms with Crippen molar-refractivity contribution in [2.45, 2.75) is 141 Å². The summed E-state index contributed by atoms with van der Waals surface area (Å²) in [5.74, 6) is 0. The molecule has 0 N–H and O–H groups in total. The van der Waals surface area contributed by atoms with Crippen molar-refractivity contribution in [1.29, 1.82) is 0 Å². The highest BCUT2D eigenvalue weighted by atomic mass is 16.3. The quantitative estimate of drug-likeness (QED) is 0.164. The maximum atomic E-state index is 7.62. The van der Waals surface area contributed by atoms with Crippen molar-refractivity contribution in [3.05, 3.63) is 311 Å². The molecule has 8 heterocycles. The van der Waals surface area contributed by atoms with Gasteiger partial charge in [0.15, 0.2) is 11.2 Å². The molecule has 8 aliphatic rings. The number of hydrogen-bond acceptors (Lipinski definition) is 6. The molecule has 0 saturated carbocycles. The Kier molecular flexibility index (Phi) is 13.0. The van der Waals surface area contributed by atoms with Crippen LogP contribution in [0.25, 0.3) is 110 Å². The van der Waals surface area contributed by atoms with Gasteiger partial charge in [-0.1, -0.05) is 247 Å².